The van der Waals surface area contributed by atoms with E-state index in [1.54, 1.807) is 4.90 Å². The van der Waals surface area contributed by atoms with Gasteiger partial charge in [0.15, 0.2) is 0 Å². The molecule has 0 N–H and O–H groups in total. The third-order valence-corrected chi connectivity index (χ3v) is 10.6. The Hall–Kier alpha value is -2.44. The number of rotatable bonds is 8. The zero-order chi connectivity index (χ0) is 19.8. The number of benzene rings is 3. The van der Waals surface area contributed by atoms with E-state index in [9.17, 15) is 4.79 Å². The SMILES string of the molecule is CN(C)C(=O)CCCC[PH](c1ccccc1)(c1ccccc1)c1ccccc1. The van der Waals surface area contributed by atoms with Gasteiger partial charge in [-0.1, -0.05) is 0 Å². The van der Waals surface area contributed by atoms with Crippen LogP contribution in [-0.2, 0) is 4.79 Å². The zero-order valence-electron chi connectivity index (χ0n) is 16.8. The Bertz CT molecular complexity index is 766. The van der Waals surface area contributed by atoms with Gasteiger partial charge >= 0.3 is 169 Å². The number of carbonyl (C=O) groups excluding carboxylic acids is 1. The van der Waals surface area contributed by atoms with Crippen LogP contribution in [0.1, 0.15) is 19.3 Å². The molecule has 0 aromatic heterocycles. The molecule has 3 aromatic carbocycles. The van der Waals surface area contributed by atoms with Gasteiger partial charge in [-0.2, -0.15) is 0 Å². The van der Waals surface area contributed by atoms with Crippen molar-refractivity contribution in [2.24, 2.45) is 0 Å². The van der Waals surface area contributed by atoms with Crippen molar-refractivity contribution in [1.82, 2.24) is 4.90 Å². The molecule has 3 aromatic rings. The maximum absolute atomic E-state index is 12.0. The molecule has 0 spiro atoms. The number of nitrogens with zero attached hydrogens (tertiary/aromatic N) is 1. The first-order valence-electron chi connectivity index (χ1n) is 10.0. The Morgan fingerprint density at radius 1 is 0.679 bits per heavy atom. The predicted molar refractivity (Wildman–Crippen MR) is 124 cm³/mol. The Balaban J connectivity index is 2.00. The van der Waals surface area contributed by atoms with Crippen molar-refractivity contribution >= 4 is 29.1 Å². The Kier molecular flexibility index (Phi) is 7.01. The van der Waals surface area contributed by atoms with Crippen LogP contribution in [0.4, 0.5) is 0 Å². The summed E-state index contributed by atoms with van der Waals surface area (Å²) < 4.78 is 0. The van der Waals surface area contributed by atoms with Gasteiger partial charge in [0.25, 0.3) is 0 Å². The molecule has 0 atom stereocenters. The monoisotopic (exact) mass is 391 g/mol. The molecule has 0 bridgehead atoms. The number of hydrogen-bond donors (Lipinski definition) is 0. The predicted octanol–water partition coefficient (Wildman–Crippen LogP) is 3.97. The van der Waals surface area contributed by atoms with Crippen LogP contribution in [0.15, 0.2) is 91.0 Å². The molecule has 0 heterocycles. The van der Waals surface area contributed by atoms with Gasteiger partial charge in [-0.3, -0.25) is 0 Å². The van der Waals surface area contributed by atoms with Gasteiger partial charge in [-0.05, 0) is 0 Å². The van der Waals surface area contributed by atoms with Crippen LogP contribution in [0, 0.1) is 0 Å². The maximum atomic E-state index is 12.0. The van der Waals surface area contributed by atoms with Crippen LogP contribution in [-0.4, -0.2) is 31.1 Å². The van der Waals surface area contributed by atoms with Crippen LogP contribution in [0.2, 0.25) is 0 Å². The summed E-state index contributed by atoms with van der Waals surface area (Å²) in [4.78, 5) is 13.7. The molecule has 0 aliphatic rings. The number of amides is 1. The van der Waals surface area contributed by atoms with Crippen LogP contribution < -0.4 is 15.9 Å². The van der Waals surface area contributed by atoms with E-state index in [1.807, 2.05) is 14.1 Å². The number of unbranched alkanes of at least 4 members (excludes halogenated alkanes) is 1. The fraction of sp³-hybridized carbons (Fsp3) is 0.240. The van der Waals surface area contributed by atoms with Gasteiger partial charge in [0, 0.05) is 0 Å². The van der Waals surface area contributed by atoms with E-state index < -0.39 is 7.26 Å². The molecule has 0 radical (unpaired) electrons. The molecule has 0 fully saturated rings. The third-order valence-electron chi connectivity index (χ3n) is 5.49. The van der Waals surface area contributed by atoms with Crippen molar-refractivity contribution in [2.75, 3.05) is 20.3 Å². The molecule has 0 saturated carbocycles. The summed E-state index contributed by atoms with van der Waals surface area (Å²) in [7, 11) is 1.52. The van der Waals surface area contributed by atoms with E-state index in [0.717, 1.165) is 19.0 Å². The summed E-state index contributed by atoms with van der Waals surface area (Å²) in [5.74, 6) is 0.214. The number of carbonyl (C=O) groups is 1. The van der Waals surface area contributed by atoms with Crippen LogP contribution in [0.5, 0.6) is 0 Å². The molecular weight excluding hydrogens is 361 g/mol. The van der Waals surface area contributed by atoms with E-state index in [0.29, 0.717) is 6.42 Å². The molecule has 0 unspecified atom stereocenters. The number of hydrogen-bond acceptors (Lipinski definition) is 1. The van der Waals surface area contributed by atoms with E-state index in [4.69, 9.17) is 0 Å². The molecule has 0 aliphatic heterocycles. The molecule has 3 heteroatoms. The van der Waals surface area contributed by atoms with Gasteiger partial charge < -0.3 is 0 Å². The second-order valence-electron chi connectivity index (χ2n) is 7.50. The Morgan fingerprint density at radius 2 is 1.07 bits per heavy atom. The van der Waals surface area contributed by atoms with Crippen LogP contribution >= 0.6 is 7.26 Å². The molecule has 28 heavy (non-hydrogen) atoms. The van der Waals surface area contributed by atoms with Crippen molar-refractivity contribution in [3.8, 4) is 0 Å². The summed E-state index contributed by atoms with van der Waals surface area (Å²) in [6, 6.07) is 32.9. The van der Waals surface area contributed by atoms with Crippen molar-refractivity contribution in [2.45, 2.75) is 19.3 Å². The summed E-state index contributed by atoms with van der Waals surface area (Å²) in [5, 5.41) is 4.31. The minimum absolute atomic E-state index is 0.214. The van der Waals surface area contributed by atoms with E-state index >= 15 is 0 Å². The van der Waals surface area contributed by atoms with Crippen LogP contribution in [0.25, 0.3) is 0 Å². The second-order valence-corrected chi connectivity index (χ2v) is 11.5. The van der Waals surface area contributed by atoms with Crippen molar-refractivity contribution in [3.05, 3.63) is 91.0 Å². The van der Waals surface area contributed by atoms with Gasteiger partial charge in [-0.15, -0.1) is 0 Å². The minimum atomic E-state index is -2.15. The molecule has 3 rings (SSSR count). The first-order valence-corrected chi connectivity index (χ1v) is 12.2. The molecule has 0 saturated heterocycles. The normalized spacial score (nSPS) is 11.8. The van der Waals surface area contributed by atoms with Crippen molar-refractivity contribution in [3.63, 3.8) is 0 Å². The second kappa shape index (κ2) is 9.66. The quantitative estimate of drug-likeness (QED) is 0.420. The molecule has 2 nitrogen and oxygen atoms in total. The van der Waals surface area contributed by atoms with Gasteiger partial charge in [-0.25, -0.2) is 0 Å². The Morgan fingerprint density at radius 3 is 1.43 bits per heavy atom. The first kappa shape index (κ1) is 20.3. The average Bonchev–Trinajstić information content (AvgIpc) is 2.75. The summed E-state index contributed by atoms with van der Waals surface area (Å²) in [6.07, 6.45) is 3.70. The fourth-order valence-corrected chi connectivity index (χ4v) is 8.92. The van der Waals surface area contributed by atoms with Gasteiger partial charge in [0.1, 0.15) is 0 Å². The van der Waals surface area contributed by atoms with E-state index in [2.05, 4.69) is 91.0 Å². The molecule has 0 aliphatic carbocycles. The summed E-state index contributed by atoms with van der Waals surface area (Å²) in [6.45, 7) is 0. The molecular formula is C25H30NOP. The fourth-order valence-electron chi connectivity index (χ4n) is 3.99. The van der Waals surface area contributed by atoms with Crippen molar-refractivity contribution < 1.29 is 4.79 Å². The summed E-state index contributed by atoms with van der Waals surface area (Å²) >= 11 is 0. The molecule has 1 amide bonds. The van der Waals surface area contributed by atoms with E-state index in [-0.39, 0.29) is 5.91 Å². The van der Waals surface area contributed by atoms with Crippen molar-refractivity contribution in [1.29, 1.82) is 0 Å². The molecule has 146 valence electrons. The van der Waals surface area contributed by atoms with Gasteiger partial charge in [0.2, 0.25) is 0 Å². The Labute approximate surface area is 169 Å². The van der Waals surface area contributed by atoms with Crippen LogP contribution in [0.3, 0.4) is 0 Å². The standard InChI is InChI=1S/C25H30NOP/c1-26(2)25(27)20-12-13-21-28(22-14-6-3-7-15-22,23-16-8-4-9-17-23)24-18-10-5-11-19-24/h3-11,14-19,28H,12-13,20-21H2,1-2H3. The summed E-state index contributed by atoms with van der Waals surface area (Å²) in [5.41, 5.74) is 0. The average molecular weight is 391 g/mol. The first-order chi connectivity index (χ1) is 13.6. The topological polar surface area (TPSA) is 20.3 Å². The van der Waals surface area contributed by atoms with Gasteiger partial charge in [0.05, 0.1) is 0 Å². The third kappa shape index (κ3) is 4.51. The zero-order valence-corrected chi connectivity index (χ0v) is 17.8. The van der Waals surface area contributed by atoms with E-state index in [1.165, 1.54) is 15.9 Å².